The van der Waals surface area contributed by atoms with Gasteiger partial charge in [-0.1, -0.05) is 0 Å². The first-order valence-electron chi connectivity index (χ1n) is 3.83. The van der Waals surface area contributed by atoms with Crippen LogP contribution in [0.1, 0.15) is 5.56 Å². The van der Waals surface area contributed by atoms with Gasteiger partial charge in [0, 0.05) is 5.56 Å². The van der Waals surface area contributed by atoms with Crippen molar-refractivity contribution < 1.29 is 22.4 Å². The van der Waals surface area contributed by atoms with E-state index in [1.807, 2.05) is 0 Å². The molecule has 1 heterocycles. The number of alkyl halides is 4. The van der Waals surface area contributed by atoms with Crippen LogP contribution in [-0.2, 0) is 4.79 Å². The number of nitrogens with zero attached hydrogens (tertiary/aromatic N) is 1. The summed E-state index contributed by atoms with van der Waals surface area (Å²) in [6.07, 6.45) is -2.78. The zero-order valence-corrected chi connectivity index (χ0v) is 7.52. The SMILES string of the molecule is Cc1cn[nH]c1NC(=O)C(F)(F)C(F)F. The molecule has 0 saturated heterocycles. The molecule has 0 aliphatic heterocycles. The van der Waals surface area contributed by atoms with E-state index in [1.54, 1.807) is 5.32 Å². The molecule has 1 aromatic heterocycles. The van der Waals surface area contributed by atoms with Crippen LogP contribution in [-0.4, -0.2) is 28.5 Å². The fourth-order valence-corrected chi connectivity index (χ4v) is 0.769. The zero-order valence-electron chi connectivity index (χ0n) is 7.52. The number of aryl methyl sites for hydroxylation is 1. The average molecular weight is 225 g/mol. The number of H-pyrrole nitrogens is 1. The van der Waals surface area contributed by atoms with Crippen LogP contribution in [0.3, 0.4) is 0 Å². The van der Waals surface area contributed by atoms with E-state index < -0.39 is 18.3 Å². The molecular weight excluding hydrogens is 218 g/mol. The summed E-state index contributed by atoms with van der Waals surface area (Å²) >= 11 is 0. The Bertz CT molecular complexity index is 363. The van der Waals surface area contributed by atoms with Gasteiger partial charge in [0.05, 0.1) is 6.20 Å². The number of anilines is 1. The number of carbonyl (C=O) groups excluding carboxylic acids is 1. The summed E-state index contributed by atoms with van der Waals surface area (Å²) in [4.78, 5) is 10.7. The molecule has 0 atom stereocenters. The van der Waals surface area contributed by atoms with Crippen molar-refractivity contribution in [2.75, 3.05) is 5.32 Å². The maximum absolute atomic E-state index is 12.5. The van der Waals surface area contributed by atoms with Crippen molar-refractivity contribution in [1.82, 2.24) is 10.2 Å². The summed E-state index contributed by atoms with van der Waals surface area (Å²) in [7, 11) is 0. The molecule has 1 aromatic rings. The number of rotatable bonds is 3. The number of aromatic amines is 1. The number of hydrogen-bond donors (Lipinski definition) is 2. The van der Waals surface area contributed by atoms with Crippen LogP contribution in [0, 0.1) is 6.92 Å². The van der Waals surface area contributed by atoms with E-state index >= 15 is 0 Å². The van der Waals surface area contributed by atoms with Crippen LogP contribution < -0.4 is 5.32 Å². The van der Waals surface area contributed by atoms with Crippen LogP contribution in [0.5, 0.6) is 0 Å². The number of hydrogen-bond acceptors (Lipinski definition) is 2. The fraction of sp³-hybridized carbons (Fsp3) is 0.429. The van der Waals surface area contributed by atoms with E-state index in [0.717, 1.165) is 0 Å². The molecular formula is C7H7F4N3O. The second kappa shape index (κ2) is 3.87. The molecule has 0 aromatic carbocycles. The molecule has 0 unspecified atom stereocenters. The maximum Gasteiger partial charge on any atom is 0.383 e. The van der Waals surface area contributed by atoms with Crippen molar-refractivity contribution in [3.05, 3.63) is 11.8 Å². The highest BCUT2D eigenvalue weighted by molar-refractivity contribution is 5.96. The van der Waals surface area contributed by atoms with Gasteiger partial charge >= 0.3 is 18.3 Å². The van der Waals surface area contributed by atoms with E-state index in [-0.39, 0.29) is 5.82 Å². The predicted molar refractivity (Wildman–Crippen MR) is 42.9 cm³/mol. The van der Waals surface area contributed by atoms with Gasteiger partial charge in [0.25, 0.3) is 0 Å². The predicted octanol–water partition coefficient (Wildman–Crippen LogP) is 1.56. The summed E-state index contributed by atoms with van der Waals surface area (Å²) in [6.45, 7) is 1.47. The van der Waals surface area contributed by atoms with Crippen molar-refractivity contribution in [3.8, 4) is 0 Å². The Balaban J connectivity index is 2.76. The Morgan fingerprint density at radius 1 is 1.60 bits per heavy atom. The van der Waals surface area contributed by atoms with Gasteiger partial charge in [0.1, 0.15) is 5.82 Å². The topological polar surface area (TPSA) is 57.8 Å². The third kappa shape index (κ3) is 2.25. The summed E-state index contributed by atoms with van der Waals surface area (Å²) in [5.41, 5.74) is 0.369. The molecule has 8 heteroatoms. The molecule has 1 amide bonds. The van der Waals surface area contributed by atoms with Gasteiger partial charge in [0.15, 0.2) is 0 Å². The summed E-state index contributed by atoms with van der Waals surface area (Å²) < 4.78 is 48.4. The zero-order chi connectivity index (χ0) is 11.6. The molecule has 0 aliphatic carbocycles. The quantitative estimate of drug-likeness (QED) is 0.767. The van der Waals surface area contributed by atoms with E-state index in [9.17, 15) is 22.4 Å². The van der Waals surface area contributed by atoms with E-state index in [0.29, 0.717) is 5.56 Å². The standard InChI is InChI=1S/C7H7F4N3O/c1-3-2-12-14-4(3)13-6(15)7(10,11)5(8)9/h2,5H,1H3,(H2,12,13,14,15). The van der Waals surface area contributed by atoms with E-state index in [4.69, 9.17) is 0 Å². The first kappa shape index (κ1) is 11.5. The summed E-state index contributed by atoms with van der Waals surface area (Å²) in [6, 6.07) is 0. The van der Waals surface area contributed by atoms with Crippen LogP contribution in [0.15, 0.2) is 6.20 Å². The smallest absolute Gasteiger partial charge is 0.305 e. The Hall–Kier alpha value is -1.60. The van der Waals surface area contributed by atoms with Crippen molar-refractivity contribution >= 4 is 11.7 Å². The molecule has 0 saturated carbocycles. The molecule has 4 nitrogen and oxygen atoms in total. The Kier molecular flexibility index (Phi) is 2.96. The largest absolute Gasteiger partial charge is 0.383 e. The number of halogens is 4. The Labute approximate surface area is 81.7 Å². The highest BCUT2D eigenvalue weighted by Crippen LogP contribution is 2.24. The summed E-state index contributed by atoms with van der Waals surface area (Å²) in [5.74, 6) is -6.90. The second-order valence-corrected chi connectivity index (χ2v) is 2.81. The van der Waals surface area contributed by atoms with Crippen LogP contribution in [0.25, 0.3) is 0 Å². The third-order valence-electron chi connectivity index (χ3n) is 1.64. The highest BCUT2D eigenvalue weighted by atomic mass is 19.3. The van der Waals surface area contributed by atoms with Gasteiger partial charge in [0.2, 0.25) is 0 Å². The molecule has 0 aliphatic rings. The molecule has 84 valence electrons. The second-order valence-electron chi connectivity index (χ2n) is 2.81. The van der Waals surface area contributed by atoms with Gasteiger partial charge in [-0.25, -0.2) is 8.78 Å². The first-order chi connectivity index (χ1) is 6.85. The first-order valence-corrected chi connectivity index (χ1v) is 3.83. The number of nitrogens with one attached hydrogen (secondary N) is 2. The number of carbonyl (C=O) groups is 1. The van der Waals surface area contributed by atoms with Crippen molar-refractivity contribution in [2.45, 2.75) is 19.3 Å². The van der Waals surface area contributed by atoms with Gasteiger partial charge in [-0.05, 0) is 6.92 Å². The Morgan fingerprint density at radius 3 is 2.60 bits per heavy atom. The van der Waals surface area contributed by atoms with Crippen molar-refractivity contribution in [1.29, 1.82) is 0 Å². The van der Waals surface area contributed by atoms with Crippen LogP contribution in [0.4, 0.5) is 23.4 Å². The van der Waals surface area contributed by atoms with Crippen LogP contribution >= 0.6 is 0 Å². The van der Waals surface area contributed by atoms with Crippen molar-refractivity contribution in [2.24, 2.45) is 0 Å². The maximum atomic E-state index is 12.5. The van der Waals surface area contributed by atoms with E-state index in [2.05, 4.69) is 10.2 Å². The Morgan fingerprint density at radius 2 is 2.20 bits per heavy atom. The van der Waals surface area contributed by atoms with Gasteiger partial charge in [-0.15, -0.1) is 0 Å². The lowest BCUT2D eigenvalue weighted by atomic mass is 10.3. The number of aromatic nitrogens is 2. The third-order valence-corrected chi connectivity index (χ3v) is 1.64. The lowest BCUT2D eigenvalue weighted by molar-refractivity contribution is -0.163. The van der Waals surface area contributed by atoms with Crippen LogP contribution in [0.2, 0.25) is 0 Å². The average Bonchev–Trinajstić information content (AvgIpc) is 2.51. The minimum absolute atomic E-state index is 0.125. The molecule has 0 fully saturated rings. The molecule has 1 rings (SSSR count). The minimum Gasteiger partial charge on any atom is -0.305 e. The molecule has 2 N–H and O–H groups in total. The van der Waals surface area contributed by atoms with E-state index in [1.165, 1.54) is 13.1 Å². The van der Waals surface area contributed by atoms with Gasteiger partial charge in [-0.3, -0.25) is 9.89 Å². The van der Waals surface area contributed by atoms with Gasteiger partial charge < -0.3 is 5.32 Å². The number of amides is 1. The summed E-state index contributed by atoms with van der Waals surface area (Å²) in [5, 5.41) is 7.24. The molecule has 0 spiro atoms. The molecule has 15 heavy (non-hydrogen) atoms. The minimum atomic E-state index is -4.71. The monoisotopic (exact) mass is 225 g/mol. The lowest BCUT2D eigenvalue weighted by Crippen LogP contribution is -2.41. The molecule has 0 bridgehead atoms. The van der Waals surface area contributed by atoms with Gasteiger partial charge in [-0.2, -0.15) is 13.9 Å². The van der Waals surface area contributed by atoms with Crippen molar-refractivity contribution in [3.63, 3.8) is 0 Å². The normalized spacial score (nSPS) is 11.9. The lowest BCUT2D eigenvalue weighted by Gasteiger charge is -2.14. The molecule has 0 radical (unpaired) electrons. The highest BCUT2D eigenvalue weighted by Gasteiger charge is 2.49. The fourth-order valence-electron chi connectivity index (χ4n) is 0.769.